The zero-order valence-corrected chi connectivity index (χ0v) is 11.5. The molecule has 94 valence electrons. The van der Waals surface area contributed by atoms with Crippen molar-refractivity contribution in [3.05, 3.63) is 34.1 Å². The first-order valence-corrected chi connectivity index (χ1v) is 6.64. The van der Waals surface area contributed by atoms with Gasteiger partial charge in [-0.2, -0.15) is 0 Å². The Labute approximate surface area is 109 Å². The Morgan fingerprint density at radius 3 is 3.00 bits per heavy atom. The van der Waals surface area contributed by atoms with Gasteiger partial charge in [-0.25, -0.2) is 4.39 Å². The van der Waals surface area contributed by atoms with Crippen molar-refractivity contribution in [3.63, 3.8) is 0 Å². The van der Waals surface area contributed by atoms with E-state index in [4.69, 9.17) is 10.5 Å². The molecule has 1 aliphatic heterocycles. The smallest absolute Gasteiger partial charge is 0.126 e. The van der Waals surface area contributed by atoms with E-state index in [1.54, 1.807) is 12.1 Å². The minimum atomic E-state index is -0.311. The first-order chi connectivity index (χ1) is 8.01. The highest BCUT2D eigenvalue weighted by Gasteiger charge is 2.36. The molecule has 0 saturated carbocycles. The first kappa shape index (κ1) is 13.0. The lowest BCUT2D eigenvalue weighted by Crippen LogP contribution is -2.46. The van der Waals surface area contributed by atoms with Crippen LogP contribution in [0, 0.1) is 5.82 Å². The van der Waals surface area contributed by atoms with Gasteiger partial charge >= 0.3 is 0 Å². The maximum atomic E-state index is 13.6. The molecule has 2 rings (SSSR count). The van der Waals surface area contributed by atoms with Crippen molar-refractivity contribution in [1.29, 1.82) is 0 Å². The summed E-state index contributed by atoms with van der Waals surface area (Å²) < 4.78 is 20.2. The molecular formula is C13H17BrFNO. The third kappa shape index (κ3) is 2.87. The molecule has 0 radical (unpaired) electrons. The number of rotatable bonds is 3. The number of hydrogen-bond donors (Lipinski definition) is 1. The van der Waals surface area contributed by atoms with Crippen LogP contribution in [0.25, 0.3) is 0 Å². The van der Waals surface area contributed by atoms with Gasteiger partial charge in [-0.3, -0.25) is 0 Å². The summed E-state index contributed by atoms with van der Waals surface area (Å²) in [6.07, 6.45) is 2.48. The van der Waals surface area contributed by atoms with E-state index in [0.717, 1.165) is 23.9 Å². The Hall–Kier alpha value is -0.450. The topological polar surface area (TPSA) is 35.2 Å². The van der Waals surface area contributed by atoms with E-state index in [0.29, 0.717) is 12.0 Å². The number of halogens is 2. The van der Waals surface area contributed by atoms with Gasteiger partial charge in [-0.05, 0) is 49.9 Å². The van der Waals surface area contributed by atoms with Gasteiger partial charge in [-0.15, -0.1) is 0 Å². The fourth-order valence-electron chi connectivity index (χ4n) is 2.25. The van der Waals surface area contributed by atoms with Crippen LogP contribution in [-0.2, 0) is 11.2 Å². The van der Waals surface area contributed by atoms with Crippen LogP contribution in [0.5, 0.6) is 0 Å². The second-order valence-electron chi connectivity index (χ2n) is 4.81. The summed E-state index contributed by atoms with van der Waals surface area (Å²) in [4.78, 5) is 0. The van der Waals surface area contributed by atoms with Crippen LogP contribution in [0.15, 0.2) is 22.7 Å². The summed E-state index contributed by atoms with van der Waals surface area (Å²) in [6, 6.07) is 4.77. The highest BCUT2D eigenvalue weighted by molar-refractivity contribution is 9.10. The molecule has 0 spiro atoms. The van der Waals surface area contributed by atoms with Gasteiger partial charge in [0.2, 0.25) is 0 Å². The summed E-state index contributed by atoms with van der Waals surface area (Å²) in [5, 5.41) is 0. The number of benzene rings is 1. The van der Waals surface area contributed by atoms with Crippen LogP contribution in [0.3, 0.4) is 0 Å². The largest absolute Gasteiger partial charge is 0.374 e. The average molecular weight is 302 g/mol. The van der Waals surface area contributed by atoms with Crippen LogP contribution in [0.1, 0.15) is 25.3 Å². The molecule has 2 atom stereocenters. The first-order valence-electron chi connectivity index (χ1n) is 5.85. The van der Waals surface area contributed by atoms with Crippen LogP contribution in [-0.4, -0.2) is 18.2 Å². The van der Waals surface area contributed by atoms with E-state index in [2.05, 4.69) is 15.9 Å². The summed E-state index contributed by atoms with van der Waals surface area (Å²) in [6.45, 7) is 2.77. The summed E-state index contributed by atoms with van der Waals surface area (Å²) in [5.41, 5.74) is 6.49. The lowest BCUT2D eigenvalue weighted by molar-refractivity contribution is -0.00107. The van der Waals surface area contributed by atoms with Crippen LogP contribution in [0.2, 0.25) is 0 Å². The molecule has 1 aliphatic rings. The maximum Gasteiger partial charge on any atom is 0.126 e. The molecule has 1 heterocycles. The zero-order chi connectivity index (χ0) is 12.5. The number of nitrogens with two attached hydrogens (primary N) is 1. The van der Waals surface area contributed by atoms with E-state index in [-0.39, 0.29) is 17.5 Å². The molecule has 0 aromatic heterocycles. The predicted molar refractivity (Wildman–Crippen MR) is 69.4 cm³/mol. The lowest BCUT2D eigenvalue weighted by Gasteiger charge is -2.30. The second-order valence-corrected chi connectivity index (χ2v) is 5.73. The van der Waals surface area contributed by atoms with Crippen LogP contribution >= 0.6 is 15.9 Å². The van der Waals surface area contributed by atoms with E-state index >= 15 is 0 Å². The minimum absolute atomic E-state index is 0.172. The van der Waals surface area contributed by atoms with Gasteiger partial charge in [0.25, 0.3) is 0 Å². The molecule has 0 bridgehead atoms. The molecule has 1 aromatic rings. The van der Waals surface area contributed by atoms with E-state index in [9.17, 15) is 4.39 Å². The molecule has 2 unspecified atom stereocenters. The van der Waals surface area contributed by atoms with Gasteiger partial charge in [0, 0.05) is 17.1 Å². The molecule has 1 saturated heterocycles. The van der Waals surface area contributed by atoms with Gasteiger partial charge in [0.1, 0.15) is 5.82 Å². The summed E-state index contributed by atoms with van der Waals surface area (Å²) in [7, 11) is 0. The van der Waals surface area contributed by atoms with Crippen molar-refractivity contribution >= 4 is 15.9 Å². The number of hydrogen-bond acceptors (Lipinski definition) is 2. The molecule has 0 aliphatic carbocycles. The van der Waals surface area contributed by atoms with Crippen molar-refractivity contribution < 1.29 is 9.13 Å². The molecule has 0 amide bonds. The summed E-state index contributed by atoms with van der Waals surface area (Å²) >= 11 is 3.34. The summed E-state index contributed by atoms with van der Waals surface area (Å²) in [5.74, 6) is -0.203. The monoisotopic (exact) mass is 301 g/mol. The zero-order valence-electron chi connectivity index (χ0n) is 9.88. The Bertz CT molecular complexity index is 404. The quantitative estimate of drug-likeness (QED) is 0.931. The highest BCUT2D eigenvalue weighted by Crippen LogP contribution is 2.30. The molecule has 4 heteroatoms. The maximum absolute atomic E-state index is 13.6. The Balaban J connectivity index is 2.12. The predicted octanol–water partition coefficient (Wildman–Crippen LogP) is 3.03. The van der Waals surface area contributed by atoms with Crippen molar-refractivity contribution in [2.75, 3.05) is 6.61 Å². The van der Waals surface area contributed by atoms with E-state index in [1.165, 1.54) is 6.07 Å². The van der Waals surface area contributed by atoms with E-state index in [1.807, 2.05) is 6.92 Å². The molecule has 17 heavy (non-hydrogen) atoms. The normalized spacial score (nSPS) is 26.1. The molecule has 2 N–H and O–H groups in total. The van der Waals surface area contributed by atoms with Crippen molar-refractivity contribution in [1.82, 2.24) is 0 Å². The van der Waals surface area contributed by atoms with Crippen LogP contribution < -0.4 is 5.73 Å². The fourth-order valence-corrected chi connectivity index (χ4v) is 2.65. The van der Waals surface area contributed by atoms with Gasteiger partial charge in [-0.1, -0.05) is 15.9 Å². The number of ether oxygens (including phenoxy) is 1. The third-order valence-corrected chi connectivity index (χ3v) is 3.97. The Morgan fingerprint density at radius 1 is 1.59 bits per heavy atom. The molecule has 1 fully saturated rings. The molecule has 2 nitrogen and oxygen atoms in total. The second kappa shape index (κ2) is 5.04. The van der Waals surface area contributed by atoms with Gasteiger partial charge in [0.05, 0.1) is 5.60 Å². The SMILES string of the molecule is CC1(C(N)Cc2cc(Br)ccc2F)CCCO1. The van der Waals surface area contributed by atoms with Gasteiger partial charge < -0.3 is 10.5 Å². The van der Waals surface area contributed by atoms with Gasteiger partial charge in [0.15, 0.2) is 0 Å². The Kier molecular flexibility index (Phi) is 3.85. The third-order valence-electron chi connectivity index (χ3n) is 3.48. The standard InChI is InChI=1S/C13H17BrFNO/c1-13(5-2-6-17-13)12(16)8-9-7-10(14)3-4-11(9)15/h3-4,7,12H,2,5-6,8,16H2,1H3. The van der Waals surface area contributed by atoms with Crippen LogP contribution in [0.4, 0.5) is 4.39 Å². The molecular weight excluding hydrogens is 285 g/mol. The average Bonchev–Trinajstić information content (AvgIpc) is 2.72. The van der Waals surface area contributed by atoms with E-state index < -0.39 is 0 Å². The lowest BCUT2D eigenvalue weighted by atomic mass is 9.89. The fraction of sp³-hybridized carbons (Fsp3) is 0.538. The molecule has 1 aromatic carbocycles. The Morgan fingerprint density at radius 2 is 2.35 bits per heavy atom. The van der Waals surface area contributed by atoms with Crippen molar-refractivity contribution in [2.45, 2.75) is 37.8 Å². The minimum Gasteiger partial charge on any atom is -0.374 e. The van der Waals surface area contributed by atoms with Crippen molar-refractivity contribution in [2.24, 2.45) is 5.73 Å². The van der Waals surface area contributed by atoms with Crippen molar-refractivity contribution in [3.8, 4) is 0 Å². The highest BCUT2D eigenvalue weighted by atomic mass is 79.9.